The van der Waals surface area contributed by atoms with Gasteiger partial charge in [-0.1, -0.05) is 34.1 Å². The first kappa shape index (κ1) is 12.0. The zero-order valence-corrected chi connectivity index (χ0v) is 11.5. The summed E-state index contributed by atoms with van der Waals surface area (Å²) >= 11 is 3.52. The predicted molar refractivity (Wildman–Crippen MR) is 71.2 cm³/mol. The van der Waals surface area contributed by atoms with Crippen LogP contribution in [0.5, 0.6) is 0 Å². The number of ether oxygens (including phenoxy) is 1. The Hall–Kier alpha value is -1.07. The number of fused-ring (bicyclic) bond motifs is 1. The summed E-state index contributed by atoms with van der Waals surface area (Å²) in [5.74, 6) is 0. The summed E-state index contributed by atoms with van der Waals surface area (Å²) in [6.45, 7) is 2.35. The summed E-state index contributed by atoms with van der Waals surface area (Å²) in [7, 11) is 0. The zero-order chi connectivity index (χ0) is 12.5. The van der Waals surface area contributed by atoms with Crippen LogP contribution >= 0.6 is 15.9 Å². The summed E-state index contributed by atoms with van der Waals surface area (Å²) in [5, 5.41) is 3.32. The lowest BCUT2D eigenvalue weighted by molar-refractivity contribution is 0.117. The Morgan fingerprint density at radius 1 is 1.44 bits per heavy atom. The van der Waals surface area contributed by atoms with Crippen LogP contribution in [0.25, 0.3) is 0 Å². The number of nitrogens with zero attached hydrogens (tertiary/aromatic N) is 1. The van der Waals surface area contributed by atoms with Crippen molar-refractivity contribution in [1.82, 2.24) is 10.2 Å². The van der Waals surface area contributed by atoms with Crippen LogP contribution in [0.1, 0.15) is 12.0 Å². The molecule has 0 aliphatic carbocycles. The average Bonchev–Trinajstić information content (AvgIpc) is 2.69. The van der Waals surface area contributed by atoms with Crippen LogP contribution in [0.15, 0.2) is 28.7 Å². The fourth-order valence-electron chi connectivity index (χ4n) is 2.59. The highest BCUT2D eigenvalue weighted by molar-refractivity contribution is 9.10. The number of benzene rings is 1. The van der Waals surface area contributed by atoms with Crippen molar-refractivity contribution in [2.24, 2.45) is 0 Å². The molecule has 0 radical (unpaired) electrons. The molecule has 2 aliphatic heterocycles. The molecule has 96 valence electrons. The maximum absolute atomic E-state index is 11.9. The van der Waals surface area contributed by atoms with Crippen molar-refractivity contribution in [3.05, 3.63) is 34.3 Å². The lowest BCUT2D eigenvalue weighted by Crippen LogP contribution is -2.48. The second-order valence-electron chi connectivity index (χ2n) is 4.70. The average molecular weight is 311 g/mol. The summed E-state index contributed by atoms with van der Waals surface area (Å²) in [4.78, 5) is 13.7. The molecule has 2 heterocycles. The zero-order valence-electron chi connectivity index (χ0n) is 9.93. The van der Waals surface area contributed by atoms with Gasteiger partial charge >= 0.3 is 6.09 Å². The van der Waals surface area contributed by atoms with Gasteiger partial charge in [0.25, 0.3) is 0 Å². The number of carbonyl (C=O) groups excluding carboxylic acids is 1. The summed E-state index contributed by atoms with van der Waals surface area (Å²) in [6.07, 6.45) is 0.772. The fraction of sp³-hybridized carbons (Fsp3) is 0.462. The lowest BCUT2D eigenvalue weighted by atomic mass is 10.0. The molecule has 1 amide bonds. The molecule has 3 rings (SSSR count). The van der Waals surface area contributed by atoms with Crippen LogP contribution in [0.4, 0.5) is 4.79 Å². The Kier molecular flexibility index (Phi) is 3.26. The molecule has 1 aromatic carbocycles. The number of hydrogen-bond donors (Lipinski definition) is 1. The van der Waals surface area contributed by atoms with Gasteiger partial charge in [-0.05, 0) is 24.6 Å². The summed E-state index contributed by atoms with van der Waals surface area (Å²) in [5.41, 5.74) is 1.11. The lowest BCUT2D eigenvalue weighted by Gasteiger charge is -2.28. The molecule has 2 unspecified atom stereocenters. The van der Waals surface area contributed by atoms with Crippen molar-refractivity contribution in [3.8, 4) is 0 Å². The van der Waals surface area contributed by atoms with Crippen molar-refractivity contribution >= 4 is 22.0 Å². The van der Waals surface area contributed by atoms with Gasteiger partial charge in [0.1, 0.15) is 6.10 Å². The number of rotatable bonds is 2. The van der Waals surface area contributed by atoms with Crippen LogP contribution < -0.4 is 5.32 Å². The van der Waals surface area contributed by atoms with Crippen molar-refractivity contribution in [1.29, 1.82) is 0 Å². The van der Waals surface area contributed by atoms with Crippen molar-refractivity contribution in [2.45, 2.75) is 25.1 Å². The molecule has 1 N–H and O–H groups in total. The van der Waals surface area contributed by atoms with Gasteiger partial charge in [0.15, 0.2) is 0 Å². The number of piperidine rings is 1. The maximum atomic E-state index is 11.9. The van der Waals surface area contributed by atoms with E-state index in [4.69, 9.17) is 4.74 Å². The van der Waals surface area contributed by atoms with Crippen LogP contribution in [0.3, 0.4) is 0 Å². The topological polar surface area (TPSA) is 41.6 Å². The Morgan fingerprint density at radius 3 is 3.11 bits per heavy atom. The molecule has 2 fully saturated rings. The molecule has 2 atom stereocenters. The molecule has 0 spiro atoms. The van der Waals surface area contributed by atoms with Gasteiger partial charge in [-0.2, -0.15) is 0 Å². The largest absolute Gasteiger partial charge is 0.444 e. The third-order valence-electron chi connectivity index (χ3n) is 3.57. The monoisotopic (exact) mass is 310 g/mol. The van der Waals surface area contributed by atoms with Gasteiger partial charge in [0.2, 0.25) is 0 Å². The van der Waals surface area contributed by atoms with Crippen LogP contribution in [0.2, 0.25) is 0 Å². The van der Waals surface area contributed by atoms with E-state index in [-0.39, 0.29) is 18.2 Å². The minimum Gasteiger partial charge on any atom is -0.444 e. The minimum absolute atomic E-state index is 0.0567. The Balaban J connectivity index is 1.79. The van der Waals surface area contributed by atoms with Gasteiger partial charge < -0.3 is 10.1 Å². The van der Waals surface area contributed by atoms with E-state index in [0.717, 1.165) is 29.5 Å². The smallest absolute Gasteiger partial charge is 0.410 e. The van der Waals surface area contributed by atoms with E-state index in [1.165, 1.54) is 0 Å². The van der Waals surface area contributed by atoms with Gasteiger partial charge in [-0.3, -0.25) is 4.90 Å². The van der Waals surface area contributed by atoms with E-state index in [1.54, 1.807) is 0 Å². The molecular formula is C13H15BrN2O2. The van der Waals surface area contributed by atoms with Crippen molar-refractivity contribution in [3.63, 3.8) is 0 Å². The number of nitrogens with one attached hydrogen (secondary N) is 1. The second kappa shape index (κ2) is 4.90. The van der Waals surface area contributed by atoms with Crippen LogP contribution in [-0.4, -0.2) is 36.2 Å². The molecule has 18 heavy (non-hydrogen) atoms. The normalized spacial score (nSPS) is 26.9. The first-order valence-corrected chi connectivity index (χ1v) is 6.96. The van der Waals surface area contributed by atoms with Gasteiger partial charge in [0, 0.05) is 11.0 Å². The third kappa shape index (κ3) is 2.12. The highest BCUT2D eigenvalue weighted by atomic mass is 79.9. The van der Waals surface area contributed by atoms with E-state index in [9.17, 15) is 4.79 Å². The second-order valence-corrected chi connectivity index (χ2v) is 5.56. The fourth-order valence-corrected chi connectivity index (χ4v) is 3.00. The molecule has 0 aromatic heterocycles. The summed E-state index contributed by atoms with van der Waals surface area (Å²) < 4.78 is 6.45. The highest BCUT2D eigenvalue weighted by Crippen LogP contribution is 2.27. The van der Waals surface area contributed by atoms with E-state index < -0.39 is 0 Å². The minimum atomic E-state index is -0.190. The van der Waals surface area contributed by atoms with Crippen molar-refractivity contribution in [2.75, 3.05) is 13.1 Å². The molecule has 2 aliphatic rings. The van der Waals surface area contributed by atoms with E-state index in [2.05, 4.69) is 21.2 Å². The van der Waals surface area contributed by atoms with E-state index in [1.807, 2.05) is 29.2 Å². The molecule has 0 bridgehead atoms. The number of hydrogen-bond acceptors (Lipinski definition) is 3. The number of carbonyl (C=O) groups is 1. The number of halogens is 1. The number of amides is 1. The Morgan fingerprint density at radius 2 is 2.28 bits per heavy atom. The first-order chi connectivity index (χ1) is 8.75. The Bertz CT molecular complexity index is 466. The maximum Gasteiger partial charge on any atom is 0.410 e. The first-order valence-electron chi connectivity index (χ1n) is 6.17. The molecule has 2 saturated heterocycles. The third-order valence-corrected chi connectivity index (χ3v) is 4.35. The van der Waals surface area contributed by atoms with Gasteiger partial charge in [-0.15, -0.1) is 0 Å². The van der Waals surface area contributed by atoms with E-state index in [0.29, 0.717) is 6.54 Å². The van der Waals surface area contributed by atoms with Crippen LogP contribution in [-0.2, 0) is 11.3 Å². The standard InChI is InChI=1S/C13H15BrN2O2/c14-10-4-2-1-3-9(10)8-16-11-7-15-6-5-12(11)18-13(16)17/h1-4,11-12,15H,5-8H2. The summed E-state index contributed by atoms with van der Waals surface area (Å²) in [6, 6.07) is 8.14. The molecule has 5 heteroatoms. The van der Waals surface area contributed by atoms with E-state index >= 15 is 0 Å². The quantitative estimate of drug-likeness (QED) is 0.910. The van der Waals surface area contributed by atoms with Crippen LogP contribution in [0, 0.1) is 0 Å². The SMILES string of the molecule is O=C1OC2CCNCC2N1Cc1ccccc1Br. The molecule has 4 nitrogen and oxygen atoms in total. The molecule has 1 aromatic rings. The Labute approximate surface area is 114 Å². The van der Waals surface area contributed by atoms with Gasteiger partial charge in [-0.25, -0.2) is 4.79 Å². The molecular weight excluding hydrogens is 296 g/mol. The van der Waals surface area contributed by atoms with Crippen molar-refractivity contribution < 1.29 is 9.53 Å². The highest BCUT2D eigenvalue weighted by Gasteiger charge is 2.42. The molecule has 0 saturated carbocycles. The van der Waals surface area contributed by atoms with Gasteiger partial charge in [0.05, 0.1) is 12.6 Å². The predicted octanol–water partition coefficient (Wildman–Crippen LogP) is 2.13.